The van der Waals surface area contributed by atoms with Crippen LogP contribution in [0.25, 0.3) is 0 Å². The Morgan fingerprint density at radius 1 is 1.50 bits per heavy atom. The highest BCUT2D eigenvalue weighted by Crippen LogP contribution is 2.27. The Hall–Kier alpha value is -0.510. The summed E-state index contributed by atoms with van der Waals surface area (Å²) in [4.78, 5) is 0. The zero-order valence-electron chi connectivity index (χ0n) is 9.65. The third-order valence-electron chi connectivity index (χ3n) is 2.89. The van der Waals surface area contributed by atoms with Crippen LogP contribution in [0.4, 0.5) is 0 Å². The number of aliphatic hydroxyl groups is 1. The molecular weight excluding hydrogens is 218 g/mol. The Morgan fingerprint density at radius 2 is 2.31 bits per heavy atom. The van der Waals surface area contributed by atoms with Crippen molar-refractivity contribution in [2.24, 2.45) is 0 Å². The van der Waals surface area contributed by atoms with Crippen molar-refractivity contribution in [3.63, 3.8) is 0 Å². The lowest BCUT2D eigenvalue weighted by atomic mass is 9.99. The van der Waals surface area contributed by atoms with Gasteiger partial charge in [0.25, 0.3) is 0 Å². The van der Waals surface area contributed by atoms with Crippen LogP contribution >= 0.6 is 11.8 Å². The van der Waals surface area contributed by atoms with E-state index in [9.17, 15) is 5.11 Å². The van der Waals surface area contributed by atoms with Gasteiger partial charge in [-0.3, -0.25) is 0 Å². The van der Waals surface area contributed by atoms with Gasteiger partial charge in [-0.15, -0.1) is 0 Å². The molecule has 1 aromatic carbocycles. The molecule has 2 atom stereocenters. The summed E-state index contributed by atoms with van der Waals surface area (Å²) in [7, 11) is 0. The van der Waals surface area contributed by atoms with Crippen LogP contribution in [0, 0.1) is 0 Å². The molecule has 2 rings (SSSR count). The lowest BCUT2D eigenvalue weighted by Gasteiger charge is -2.19. The highest BCUT2D eigenvalue weighted by Gasteiger charge is 2.18. The van der Waals surface area contributed by atoms with E-state index in [2.05, 4.69) is 29.6 Å². The van der Waals surface area contributed by atoms with Crippen LogP contribution < -0.4 is 5.32 Å². The van der Waals surface area contributed by atoms with Gasteiger partial charge in [-0.05, 0) is 30.2 Å². The molecule has 16 heavy (non-hydrogen) atoms. The van der Waals surface area contributed by atoms with Crippen molar-refractivity contribution in [1.82, 2.24) is 5.32 Å². The minimum atomic E-state index is -0.277. The van der Waals surface area contributed by atoms with Gasteiger partial charge in [0.05, 0.1) is 6.10 Å². The molecule has 0 bridgehead atoms. The lowest BCUT2D eigenvalue weighted by Crippen LogP contribution is -2.30. The van der Waals surface area contributed by atoms with Gasteiger partial charge in [0.1, 0.15) is 0 Å². The van der Waals surface area contributed by atoms with Gasteiger partial charge in [-0.1, -0.05) is 24.3 Å². The standard InChI is InChI=1S/C13H19NOS/c1-10(15)8-14-13-9-16-7-6-11-4-2-3-5-12(11)13/h2-5,10,13-15H,6-9H2,1H3/t10-,13?/m0/s1. The minimum absolute atomic E-state index is 0.277. The summed E-state index contributed by atoms with van der Waals surface area (Å²) in [5.74, 6) is 2.30. The molecule has 1 aliphatic rings. The second-order valence-corrected chi connectivity index (χ2v) is 5.48. The molecule has 0 aliphatic carbocycles. The SMILES string of the molecule is C[C@H](O)CNC1CSCCc2ccccc21. The van der Waals surface area contributed by atoms with Crippen LogP contribution in [0.3, 0.4) is 0 Å². The second-order valence-electron chi connectivity index (χ2n) is 4.33. The van der Waals surface area contributed by atoms with E-state index in [0.29, 0.717) is 12.6 Å². The second kappa shape index (κ2) is 5.71. The Labute approximate surface area is 101 Å². The number of hydrogen-bond donors (Lipinski definition) is 2. The molecule has 1 aliphatic heterocycles. The predicted octanol–water partition coefficient (Wildman–Crippen LogP) is 1.99. The van der Waals surface area contributed by atoms with Gasteiger partial charge in [0.2, 0.25) is 0 Å². The number of fused-ring (bicyclic) bond motifs is 1. The smallest absolute Gasteiger partial charge is 0.0636 e. The van der Waals surface area contributed by atoms with Crippen LogP contribution in [-0.4, -0.2) is 29.3 Å². The molecule has 0 spiro atoms. The Balaban J connectivity index is 2.12. The van der Waals surface area contributed by atoms with Gasteiger partial charge >= 0.3 is 0 Å². The number of nitrogens with one attached hydrogen (secondary N) is 1. The van der Waals surface area contributed by atoms with Gasteiger partial charge < -0.3 is 10.4 Å². The topological polar surface area (TPSA) is 32.3 Å². The Kier molecular flexibility index (Phi) is 4.27. The first-order chi connectivity index (χ1) is 7.77. The van der Waals surface area contributed by atoms with E-state index in [4.69, 9.17) is 0 Å². The van der Waals surface area contributed by atoms with Crippen LogP contribution in [0.5, 0.6) is 0 Å². The fourth-order valence-electron chi connectivity index (χ4n) is 2.06. The quantitative estimate of drug-likeness (QED) is 0.843. The molecule has 0 aromatic heterocycles. The van der Waals surface area contributed by atoms with Crippen molar-refractivity contribution in [2.75, 3.05) is 18.1 Å². The number of benzene rings is 1. The zero-order valence-corrected chi connectivity index (χ0v) is 10.5. The maximum atomic E-state index is 9.33. The summed E-state index contributed by atoms with van der Waals surface area (Å²) in [5.41, 5.74) is 2.86. The minimum Gasteiger partial charge on any atom is -0.392 e. The average Bonchev–Trinajstić information content (AvgIpc) is 2.48. The van der Waals surface area contributed by atoms with E-state index >= 15 is 0 Å². The molecule has 3 heteroatoms. The first-order valence-corrected chi connectivity index (χ1v) is 7.00. The summed E-state index contributed by atoms with van der Waals surface area (Å²) in [6, 6.07) is 9.03. The number of rotatable bonds is 3. The summed E-state index contributed by atoms with van der Waals surface area (Å²) >= 11 is 1.99. The van der Waals surface area contributed by atoms with E-state index in [0.717, 1.165) is 12.2 Å². The Bertz CT molecular complexity index is 340. The highest BCUT2D eigenvalue weighted by atomic mass is 32.2. The first kappa shape index (κ1) is 12.0. The molecule has 88 valence electrons. The van der Waals surface area contributed by atoms with Gasteiger partial charge in [0, 0.05) is 18.3 Å². The fraction of sp³-hybridized carbons (Fsp3) is 0.538. The molecule has 1 heterocycles. The zero-order chi connectivity index (χ0) is 11.4. The molecule has 1 aromatic rings. The van der Waals surface area contributed by atoms with E-state index in [1.54, 1.807) is 0 Å². The molecular formula is C13H19NOS. The summed E-state index contributed by atoms with van der Waals surface area (Å²) in [6.07, 6.45) is 0.883. The van der Waals surface area contributed by atoms with E-state index < -0.39 is 0 Å². The van der Waals surface area contributed by atoms with E-state index in [-0.39, 0.29) is 6.10 Å². The molecule has 1 unspecified atom stereocenters. The fourth-order valence-corrected chi connectivity index (χ4v) is 3.12. The lowest BCUT2D eigenvalue weighted by molar-refractivity contribution is 0.187. The van der Waals surface area contributed by atoms with Crippen molar-refractivity contribution >= 4 is 11.8 Å². The summed E-state index contributed by atoms with van der Waals surface area (Å²) in [5, 5.41) is 12.8. The van der Waals surface area contributed by atoms with Gasteiger partial charge in [-0.2, -0.15) is 11.8 Å². The number of aliphatic hydroxyl groups excluding tert-OH is 1. The monoisotopic (exact) mass is 237 g/mol. The molecule has 2 N–H and O–H groups in total. The number of aryl methyl sites for hydroxylation is 1. The number of thioether (sulfide) groups is 1. The largest absolute Gasteiger partial charge is 0.392 e. The van der Waals surface area contributed by atoms with E-state index in [1.807, 2.05) is 18.7 Å². The molecule has 0 fully saturated rings. The van der Waals surface area contributed by atoms with Gasteiger partial charge in [-0.25, -0.2) is 0 Å². The van der Waals surface area contributed by atoms with Crippen molar-refractivity contribution < 1.29 is 5.11 Å². The highest BCUT2D eigenvalue weighted by molar-refractivity contribution is 7.99. The average molecular weight is 237 g/mol. The molecule has 0 saturated carbocycles. The number of hydrogen-bond acceptors (Lipinski definition) is 3. The maximum absolute atomic E-state index is 9.33. The third-order valence-corrected chi connectivity index (χ3v) is 3.95. The van der Waals surface area contributed by atoms with Gasteiger partial charge in [0.15, 0.2) is 0 Å². The van der Waals surface area contributed by atoms with E-state index in [1.165, 1.54) is 16.9 Å². The first-order valence-electron chi connectivity index (χ1n) is 5.84. The molecule has 2 nitrogen and oxygen atoms in total. The van der Waals surface area contributed by atoms with Crippen molar-refractivity contribution in [3.05, 3.63) is 35.4 Å². The summed E-state index contributed by atoms with van der Waals surface area (Å²) < 4.78 is 0. The van der Waals surface area contributed by atoms with Crippen molar-refractivity contribution in [3.8, 4) is 0 Å². The van der Waals surface area contributed by atoms with Crippen LogP contribution in [-0.2, 0) is 6.42 Å². The third kappa shape index (κ3) is 3.00. The molecule has 0 radical (unpaired) electrons. The molecule has 0 saturated heterocycles. The molecule has 0 amide bonds. The normalized spacial score (nSPS) is 22.2. The van der Waals surface area contributed by atoms with Crippen LogP contribution in [0.2, 0.25) is 0 Å². The van der Waals surface area contributed by atoms with Crippen LogP contribution in [0.15, 0.2) is 24.3 Å². The summed E-state index contributed by atoms with van der Waals surface area (Å²) in [6.45, 7) is 2.49. The predicted molar refractivity (Wildman–Crippen MR) is 69.9 cm³/mol. The van der Waals surface area contributed by atoms with Crippen molar-refractivity contribution in [1.29, 1.82) is 0 Å². The van der Waals surface area contributed by atoms with Crippen LogP contribution in [0.1, 0.15) is 24.1 Å². The Morgan fingerprint density at radius 3 is 3.12 bits per heavy atom. The van der Waals surface area contributed by atoms with Crippen molar-refractivity contribution in [2.45, 2.75) is 25.5 Å². The maximum Gasteiger partial charge on any atom is 0.0636 e.